The summed E-state index contributed by atoms with van der Waals surface area (Å²) in [6, 6.07) is 13.0. The standard InChI is InChI=1S/C20H16Cl2N2O4/c1-12-9-14(5-6-15(12)22)28-11-19(25)23-16-7-4-13(21)10-17(16)24-20(26)18-3-2-8-27-18/h2-10H,11H2,1H3,(H,23,25)(H,24,26). The Bertz CT molecular complexity index is 1000. The van der Waals surface area contributed by atoms with E-state index in [9.17, 15) is 9.59 Å². The van der Waals surface area contributed by atoms with Gasteiger partial charge in [-0.2, -0.15) is 0 Å². The molecule has 3 aromatic rings. The second-order valence-electron chi connectivity index (χ2n) is 5.87. The molecule has 0 spiro atoms. The summed E-state index contributed by atoms with van der Waals surface area (Å²) in [7, 11) is 0. The van der Waals surface area contributed by atoms with Crippen LogP contribution in [0.1, 0.15) is 16.1 Å². The van der Waals surface area contributed by atoms with E-state index >= 15 is 0 Å². The van der Waals surface area contributed by atoms with E-state index < -0.39 is 11.8 Å². The third-order valence-electron chi connectivity index (χ3n) is 3.75. The molecular formula is C20H16Cl2N2O4. The van der Waals surface area contributed by atoms with Gasteiger partial charge in [0.15, 0.2) is 12.4 Å². The maximum Gasteiger partial charge on any atom is 0.291 e. The van der Waals surface area contributed by atoms with E-state index in [1.165, 1.54) is 18.4 Å². The molecule has 2 N–H and O–H groups in total. The van der Waals surface area contributed by atoms with E-state index in [-0.39, 0.29) is 12.4 Å². The highest BCUT2D eigenvalue weighted by Gasteiger charge is 2.14. The van der Waals surface area contributed by atoms with Crippen LogP contribution in [0.5, 0.6) is 5.75 Å². The molecule has 0 fully saturated rings. The molecule has 0 unspecified atom stereocenters. The molecule has 0 aliphatic heterocycles. The molecule has 0 aliphatic rings. The molecule has 2 amide bonds. The second kappa shape index (κ2) is 8.82. The average Bonchev–Trinajstić information content (AvgIpc) is 3.20. The number of carbonyl (C=O) groups excluding carboxylic acids is 2. The topological polar surface area (TPSA) is 80.6 Å². The average molecular weight is 419 g/mol. The molecule has 28 heavy (non-hydrogen) atoms. The summed E-state index contributed by atoms with van der Waals surface area (Å²) in [6.07, 6.45) is 1.39. The van der Waals surface area contributed by atoms with E-state index in [1.807, 2.05) is 6.92 Å². The highest BCUT2D eigenvalue weighted by atomic mass is 35.5. The van der Waals surface area contributed by atoms with Gasteiger partial charge in [-0.3, -0.25) is 9.59 Å². The summed E-state index contributed by atoms with van der Waals surface area (Å²) >= 11 is 12.0. The van der Waals surface area contributed by atoms with E-state index in [4.69, 9.17) is 32.4 Å². The van der Waals surface area contributed by atoms with Crippen LogP contribution in [0.25, 0.3) is 0 Å². The van der Waals surface area contributed by atoms with Crippen molar-refractivity contribution in [2.75, 3.05) is 17.2 Å². The van der Waals surface area contributed by atoms with Crippen LogP contribution in [0.15, 0.2) is 59.2 Å². The number of nitrogens with one attached hydrogen (secondary N) is 2. The first-order valence-corrected chi connectivity index (χ1v) is 9.01. The van der Waals surface area contributed by atoms with Crippen LogP contribution in [0, 0.1) is 6.92 Å². The third kappa shape index (κ3) is 5.06. The number of aryl methyl sites for hydroxylation is 1. The van der Waals surface area contributed by atoms with Crippen molar-refractivity contribution in [2.24, 2.45) is 0 Å². The van der Waals surface area contributed by atoms with Crippen molar-refractivity contribution in [3.8, 4) is 5.75 Å². The summed E-state index contributed by atoms with van der Waals surface area (Å²) in [5.74, 6) is -0.197. The molecule has 8 heteroatoms. The molecule has 1 heterocycles. The lowest BCUT2D eigenvalue weighted by Gasteiger charge is -2.13. The van der Waals surface area contributed by atoms with Gasteiger partial charge >= 0.3 is 0 Å². The Balaban J connectivity index is 1.66. The Hall–Kier alpha value is -2.96. The van der Waals surface area contributed by atoms with Gasteiger partial charge in [0, 0.05) is 10.0 Å². The summed E-state index contributed by atoms with van der Waals surface area (Å²) < 4.78 is 10.5. The van der Waals surface area contributed by atoms with Crippen molar-refractivity contribution in [1.29, 1.82) is 0 Å². The van der Waals surface area contributed by atoms with Gasteiger partial charge in [0.25, 0.3) is 11.8 Å². The lowest BCUT2D eigenvalue weighted by molar-refractivity contribution is -0.118. The van der Waals surface area contributed by atoms with Crippen molar-refractivity contribution in [1.82, 2.24) is 0 Å². The quantitative estimate of drug-likeness (QED) is 0.578. The molecule has 0 atom stereocenters. The minimum Gasteiger partial charge on any atom is -0.484 e. The number of halogens is 2. The number of hydrogen-bond donors (Lipinski definition) is 2. The maximum atomic E-state index is 12.3. The van der Waals surface area contributed by atoms with Gasteiger partial charge < -0.3 is 19.8 Å². The normalized spacial score (nSPS) is 10.4. The molecule has 0 radical (unpaired) electrons. The third-order valence-corrected chi connectivity index (χ3v) is 4.41. The fourth-order valence-electron chi connectivity index (χ4n) is 2.36. The zero-order chi connectivity index (χ0) is 20.1. The Labute approximate surface area is 171 Å². The van der Waals surface area contributed by atoms with E-state index in [0.717, 1.165) is 5.56 Å². The highest BCUT2D eigenvalue weighted by molar-refractivity contribution is 6.31. The lowest BCUT2D eigenvalue weighted by atomic mass is 10.2. The van der Waals surface area contributed by atoms with E-state index in [0.29, 0.717) is 27.2 Å². The molecule has 1 aromatic heterocycles. The van der Waals surface area contributed by atoms with Crippen LogP contribution in [0.2, 0.25) is 10.0 Å². The van der Waals surface area contributed by atoms with Crippen LogP contribution >= 0.6 is 23.2 Å². The smallest absolute Gasteiger partial charge is 0.291 e. The minimum atomic E-state index is -0.462. The summed E-state index contributed by atoms with van der Waals surface area (Å²) in [5, 5.41) is 6.37. The van der Waals surface area contributed by atoms with Gasteiger partial charge in [0.05, 0.1) is 17.6 Å². The highest BCUT2D eigenvalue weighted by Crippen LogP contribution is 2.27. The minimum absolute atomic E-state index is 0.138. The lowest BCUT2D eigenvalue weighted by Crippen LogP contribution is -2.21. The molecule has 0 bridgehead atoms. The largest absolute Gasteiger partial charge is 0.484 e. The number of hydrogen-bond acceptors (Lipinski definition) is 4. The van der Waals surface area contributed by atoms with Gasteiger partial charge in [-0.05, 0) is 61.0 Å². The zero-order valence-electron chi connectivity index (χ0n) is 14.8. The first-order valence-electron chi connectivity index (χ1n) is 8.25. The Morgan fingerprint density at radius 1 is 1.04 bits per heavy atom. The van der Waals surface area contributed by atoms with Crippen LogP contribution in [-0.4, -0.2) is 18.4 Å². The van der Waals surface area contributed by atoms with Crippen molar-refractivity contribution in [3.63, 3.8) is 0 Å². The monoisotopic (exact) mass is 418 g/mol. The number of furan rings is 1. The maximum absolute atomic E-state index is 12.3. The van der Waals surface area contributed by atoms with Crippen LogP contribution in [0.4, 0.5) is 11.4 Å². The van der Waals surface area contributed by atoms with E-state index in [1.54, 1.807) is 36.4 Å². The SMILES string of the molecule is Cc1cc(OCC(=O)Nc2ccc(Cl)cc2NC(=O)c2ccco2)ccc1Cl. The van der Waals surface area contributed by atoms with Crippen molar-refractivity contribution >= 4 is 46.4 Å². The van der Waals surface area contributed by atoms with Gasteiger partial charge in [0.1, 0.15) is 5.75 Å². The molecule has 2 aromatic carbocycles. The van der Waals surface area contributed by atoms with Gasteiger partial charge in [0.2, 0.25) is 0 Å². The van der Waals surface area contributed by atoms with Crippen molar-refractivity contribution in [3.05, 3.63) is 76.2 Å². The molecule has 0 saturated carbocycles. The van der Waals surface area contributed by atoms with Gasteiger partial charge in [-0.15, -0.1) is 0 Å². The number of anilines is 2. The van der Waals surface area contributed by atoms with Crippen LogP contribution < -0.4 is 15.4 Å². The second-order valence-corrected chi connectivity index (χ2v) is 6.71. The number of carbonyl (C=O) groups is 2. The Morgan fingerprint density at radius 3 is 2.57 bits per heavy atom. The Kier molecular flexibility index (Phi) is 6.23. The molecule has 144 valence electrons. The van der Waals surface area contributed by atoms with Gasteiger partial charge in [-0.25, -0.2) is 0 Å². The molecule has 6 nitrogen and oxygen atoms in total. The number of amides is 2. The fraction of sp³-hybridized carbons (Fsp3) is 0.100. The summed E-state index contributed by atoms with van der Waals surface area (Å²) in [4.78, 5) is 24.5. The van der Waals surface area contributed by atoms with Crippen LogP contribution in [-0.2, 0) is 4.79 Å². The predicted molar refractivity (Wildman–Crippen MR) is 108 cm³/mol. The molecule has 0 aliphatic carbocycles. The summed E-state index contributed by atoms with van der Waals surface area (Å²) in [6.45, 7) is 1.63. The molecule has 0 saturated heterocycles. The first kappa shape index (κ1) is 19.8. The number of benzene rings is 2. The van der Waals surface area contributed by atoms with E-state index in [2.05, 4.69) is 10.6 Å². The number of rotatable bonds is 6. The number of ether oxygens (including phenoxy) is 1. The predicted octanol–water partition coefficient (Wildman–Crippen LogP) is 5.16. The van der Waals surface area contributed by atoms with Crippen LogP contribution in [0.3, 0.4) is 0 Å². The first-order chi connectivity index (χ1) is 13.4. The molecular weight excluding hydrogens is 403 g/mol. The fourth-order valence-corrected chi connectivity index (χ4v) is 2.65. The molecule has 3 rings (SSSR count). The summed E-state index contributed by atoms with van der Waals surface area (Å²) in [5.41, 5.74) is 1.56. The Morgan fingerprint density at radius 2 is 1.86 bits per heavy atom. The van der Waals surface area contributed by atoms with Crippen molar-refractivity contribution < 1.29 is 18.7 Å². The van der Waals surface area contributed by atoms with Gasteiger partial charge in [-0.1, -0.05) is 23.2 Å². The zero-order valence-corrected chi connectivity index (χ0v) is 16.3. The van der Waals surface area contributed by atoms with Crippen molar-refractivity contribution in [2.45, 2.75) is 6.92 Å².